The standard InChI is InChI=1S/C18H27NO3/c1-2-3-4-5-6-7-8-9-10-11-12-13-14-15-16(20)17(21)18(19)22/h4-9H,2-3,10-15H2,1H3,(H2,19,22). The average Bonchev–Trinajstić information content (AvgIpc) is 2.50. The van der Waals surface area contributed by atoms with Gasteiger partial charge >= 0.3 is 0 Å². The fraction of sp³-hybridized carbons (Fsp3) is 0.500. The lowest BCUT2D eigenvalue weighted by Gasteiger charge is -1.98. The minimum Gasteiger partial charge on any atom is -0.363 e. The Morgan fingerprint density at radius 3 is 2.00 bits per heavy atom. The number of unbranched alkanes of at least 4 members (excludes halogenated alkanes) is 5. The lowest BCUT2D eigenvalue weighted by atomic mass is 10.1. The van der Waals surface area contributed by atoms with Gasteiger partial charge in [-0.2, -0.15) is 0 Å². The fourth-order valence-electron chi connectivity index (χ4n) is 1.80. The first-order valence-corrected chi connectivity index (χ1v) is 7.94. The van der Waals surface area contributed by atoms with E-state index in [0.717, 1.165) is 32.1 Å². The second kappa shape index (κ2) is 14.0. The van der Waals surface area contributed by atoms with Crippen molar-refractivity contribution >= 4 is 17.5 Å². The van der Waals surface area contributed by atoms with Gasteiger partial charge in [0.1, 0.15) is 0 Å². The Kier molecular flexibility index (Phi) is 12.7. The van der Waals surface area contributed by atoms with Crippen molar-refractivity contribution in [3.63, 3.8) is 0 Å². The molecule has 0 aliphatic rings. The van der Waals surface area contributed by atoms with Gasteiger partial charge in [-0.25, -0.2) is 0 Å². The summed E-state index contributed by atoms with van der Waals surface area (Å²) < 4.78 is 0. The number of Topliss-reactive ketones (excluding diaryl/α,β-unsaturated/α-hetero) is 2. The molecule has 0 bridgehead atoms. The van der Waals surface area contributed by atoms with E-state index in [2.05, 4.69) is 25.2 Å². The average molecular weight is 305 g/mol. The van der Waals surface area contributed by atoms with Crippen LogP contribution in [0.3, 0.4) is 0 Å². The quantitative estimate of drug-likeness (QED) is 0.245. The summed E-state index contributed by atoms with van der Waals surface area (Å²) in [5.74, 6) is -2.91. The van der Waals surface area contributed by atoms with Gasteiger partial charge in [-0.3, -0.25) is 14.4 Å². The number of rotatable bonds is 13. The van der Waals surface area contributed by atoms with Crippen molar-refractivity contribution in [1.29, 1.82) is 0 Å². The number of amides is 1. The monoisotopic (exact) mass is 305 g/mol. The maximum Gasteiger partial charge on any atom is 0.292 e. The van der Waals surface area contributed by atoms with E-state index in [1.54, 1.807) is 0 Å². The van der Waals surface area contributed by atoms with E-state index in [1.807, 2.05) is 18.2 Å². The normalized spacial score (nSPS) is 11.7. The van der Waals surface area contributed by atoms with Crippen LogP contribution in [-0.4, -0.2) is 17.5 Å². The molecular weight excluding hydrogens is 278 g/mol. The Hall–Kier alpha value is -1.97. The van der Waals surface area contributed by atoms with E-state index in [1.165, 1.54) is 6.42 Å². The molecule has 4 heteroatoms. The van der Waals surface area contributed by atoms with Gasteiger partial charge in [-0.05, 0) is 25.7 Å². The number of carbonyl (C=O) groups is 3. The van der Waals surface area contributed by atoms with Gasteiger partial charge in [0.15, 0.2) is 0 Å². The van der Waals surface area contributed by atoms with Gasteiger partial charge in [-0.1, -0.05) is 62.6 Å². The van der Waals surface area contributed by atoms with E-state index in [4.69, 9.17) is 5.73 Å². The molecule has 0 aliphatic carbocycles. The van der Waals surface area contributed by atoms with Crippen LogP contribution in [-0.2, 0) is 14.4 Å². The molecule has 0 rings (SSSR count). The molecule has 2 N–H and O–H groups in total. The highest BCUT2D eigenvalue weighted by Crippen LogP contribution is 2.06. The van der Waals surface area contributed by atoms with Crippen molar-refractivity contribution < 1.29 is 14.4 Å². The van der Waals surface area contributed by atoms with E-state index in [0.29, 0.717) is 6.42 Å². The van der Waals surface area contributed by atoms with Crippen molar-refractivity contribution in [2.24, 2.45) is 5.73 Å². The molecule has 0 saturated carbocycles. The largest absolute Gasteiger partial charge is 0.363 e. The Labute approximate surface area is 133 Å². The summed E-state index contributed by atoms with van der Waals surface area (Å²) in [5, 5.41) is 0. The van der Waals surface area contributed by atoms with Gasteiger partial charge in [0.2, 0.25) is 5.78 Å². The number of nitrogens with two attached hydrogens (primary N) is 1. The number of hydrogen-bond donors (Lipinski definition) is 1. The smallest absolute Gasteiger partial charge is 0.292 e. The third-order valence-electron chi connectivity index (χ3n) is 3.06. The first-order chi connectivity index (χ1) is 10.6. The molecule has 1 amide bonds. The molecular formula is C18H27NO3. The highest BCUT2D eigenvalue weighted by molar-refractivity contribution is 6.63. The molecule has 4 nitrogen and oxygen atoms in total. The topological polar surface area (TPSA) is 77.2 Å². The molecule has 0 heterocycles. The van der Waals surface area contributed by atoms with E-state index in [9.17, 15) is 14.4 Å². The van der Waals surface area contributed by atoms with E-state index >= 15 is 0 Å². The van der Waals surface area contributed by atoms with Crippen LogP contribution < -0.4 is 5.73 Å². The van der Waals surface area contributed by atoms with Gasteiger partial charge in [-0.15, -0.1) is 0 Å². The maximum absolute atomic E-state index is 11.2. The van der Waals surface area contributed by atoms with E-state index in [-0.39, 0.29) is 6.42 Å². The lowest BCUT2D eigenvalue weighted by Crippen LogP contribution is -2.30. The van der Waals surface area contributed by atoms with Crippen LogP contribution in [0.2, 0.25) is 0 Å². The summed E-state index contributed by atoms with van der Waals surface area (Å²) in [6.07, 6.45) is 19.3. The summed E-state index contributed by atoms with van der Waals surface area (Å²) in [7, 11) is 0. The predicted molar refractivity (Wildman–Crippen MR) is 89.2 cm³/mol. The summed E-state index contributed by atoms with van der Waals surface area (Å²) >= 11 is 0. The van der Waals surface area contributed by atoms with Crippen molar-refractivity contribution in [2.75, 3.05) is 0 Å². The molecule has 0 aromatic carbocycles. The Bertz CT molecular complexity index is 434. The summed E-state index contributed by atoms with van der Waals surface area (Å²) in [6.45, 7) is 2.15. The Morgan fingerprint density at radius 2 is 1.41 bits per heavy atom. The second-order valence-electron chi connectivity index (χ2n) is 5.10. The predicted octanol–water partition coefficient (Wildman–Crippen LogP) is 3.42. The first kappa shape index (κ1) is 20.0. The Balaban J connectivity index is 3.52. The molecule has 0 aromatic rings. The van der Waals surface area contributed by atoms with Crippen LogP contribution in [0.25, 0.3) is 0 Å². The van der Waals surface area contributed by atoms with Gasteiger partial charge in [0.05, 0.1) is 0 Å². The van der Waals surface area contributed by atoms with Gasteiger partial charge in [0, 0.05) is 6.42 Å². The van der Waals surface area contributed by atoms with Crippen molar-refractivity contribution in [3.8, 4) is 0 Å². The molecule has 22 heavy (non-hydrogen) atoms. The molecule has 0 fully saturated rings. The SMILES string of the molecule is CCCC=CC=CC=CCCCCCCC(=O)C(=O)C(N)=O. The summed E-state index contributed by atoms with van der Waals surface area (Å²) in [5.41, 5.74) is 4.75. The number of hydrogen-bond acceptors (Lipinski definition) is 3. The van der Waals surface area contributed by atoms with Crippen molar-refractivity contribution in [1.82, 2.24) is 0 Å². The molecule has 0 saturated heterocycles. The summed E-state index contributed by atoms with van der Waals surface area (Å²) in [6, 6.07) is 0. The Morgan fingerprint density at radius 1 is 0.818 bits per heavy atom. The number of ketones is 2. The second-order valence-corrected chi connectivity index (χ2v) is 5.10. The number of carbonyl (C=O) groups excluding carboxylic acids is 3. The zero-order chi connectivity index (χ0) is 16.6. The van der Waals surface area contributed by atoms with Crippen LogP contribution in [0.4, 0.5) is 0 Å². The maximum atomic E-state index is 11.2. The van der Waals surface area contributed by atoms with Crippen LogP contribution in [0.15, 0.2) is 36.5 Å². The third-order valence-corrected chi connectivity index (χ3v) is 3.06. The fourth-order valence-corrected chi connectivity index (χ4v) is 1.80. The number of allylic oxidation sites excluding steroid dienone is 6. The lowest BCUT2D eigenvalue weighted by molar-refractivity contribution is -0.143. The van der Waals surface area contributed by atoms with Gasteiger partial charge in [0.25, 0.3) is 11.7 Å². The van der Waals surface area contributed by atoms with Crippen molar-refractivity contribution in [3.05, 3.63) is 36.5 Å². The van der Waals surface area contributed by atoms with Crippen molar-refractivity contribution in [2.45, 2.75) is 58.3 Å². The van der Waals surface area contributed by atoms with Crippen LogP contribution in [0.5, 0.6) is 0 Å². The zero-order valence-electron chi connectivity index (χ0n) is 13.4. The molecule has 0 aliphatic heterocycles. The number of primary amides is 1. The molecule has 0 unspecified atom stereocenters. The minimum atomic E-state index is -1.16. The highest BCUT2D eigenvalue weighted by Gasteiger charge is 2.18. The summed E-state index contributed by atoms with van der Waals surface area (Å²) in [4.78, 5) is 32.7. The van der Waals surface area contributed by atoms with Crippen LogP contribution in [0, 0.1) is 0 Å². The molecule has 0 spiro atoms. The highest BCUT2D eigenvalue weighted by atomic mass is 16.2. The third kappa shape index (κ3) is 11.8. The molecule has 0 atom stereocenters. The van der Waals surface area contributed by atoms with Crippen LogP contribution >= 0.6 is 0 Å². The zero-order valence-corrected chi connectivity index (χ0v) is 13.4. The van der Waals surface area contributed by atoms with E-state index < -0.39 is 17.5 Å². The van der Waals surface area contributed by atoms with Crippen LogP contribution in [0.1, 0.15) is 58.3 Å². The van der Waals surface area contributed by atoms with Gasteiger partial charge < -0.3 is 5.73 Å². The molecule has 0 aromatic heterocycles. The first-order valence-electron chi connectivity index (χ1n) is 7.94. The molecule has 0 radical (unpaired) electrons. The minimum absolute atomic E-state index is 0.116. The molecule has 122 valence electrons.